The van der Waals surface area contributed by atoms with Gasteiger partial charge in [-0.1, -0.05) is 54.1 Å². The summed E-state index contributed by atoms with van der Waals surface area (Å²) in [5, 5.41) is 5.00. The Labute approximate surface area is 227 Å². The number of halogens is 2. The molecule has 0 fully saturated rings. The smallest absolute Gasteiger partial charge is 0.347 e. The van der Waals surface area contributed by atoms with Crippen LogP contribution in [0.1, 0.15) is 26.4 Å². The zero-order valence-corrected chi connectivity index (χ0v) is 21.3. The number of hydrogen-bond donors (Lipinski definition) is 2. The van der Waals surface area contributed by atoms with Crippen molar-refractivity contribution in [2.45, 2.75) is 0 Å². The Bertz CT molecular complexity index is 1720. The first kappa shape index (κ1) is 25.7. The lowest BCUT2D eigenvalue weighted by atomic mass is 10.0. The van der Waals surface area contributed by atoms with Crippen LogP contribution in [0.3, 0.4) is 0 Å². The minimum atomic E-state index is -0.669. The first-order chi connectivity index (χ1) is 18.9. The van der Waals surface area contributed by atoms with Crippen molar-refractivity contribution in [1.82, 2.24) is 10.4 Å². The van der Waals surface area contributed by atoms with Gasteiger partial charge in [0.25, 0.3) is 5.91 Å². The van der Waals surface area contributed by atoms with Crippen molar-refractivity contribution in [2.24, 2.45) is 5.10 Å². The fourth-order valence-electron chi connectivity index (χ4n) is 4.13. The number of ether oxygens (including phenoxy) is 2. The monoisotopic (exact) mass is 541 g/mol. The van der Waals surface area contributed by atoms with Crippen molar-refractivity contribution in [2.75, 3.05) is 7.11 Å². The highest BCUT2D eigenvalue weighted by molar-refractivity contribution is 6.31. The van der Waals surface area contributed by atoms with E-state index in [1.807, 2.05) is 30.3 Å². The molecule has 0 aliphatic carbocycles. The molecule has 9 heteroatoms. The molecule has 5 aromatic rings. The van der Waals surface area contributed by atoms with E-state index < -0.39 is 17.7 Å². The maximum atomic E-state index is 14.0. The number of aromatic nitrogens is 1. The van der Waals surface area contributed by atoms with Gasteiger partial charge in [-0.2, -0.15) is 5.10 Å². The second-order valence-corrected chi connectivity index (χ2v) is 8.84. The summed E-state index contributed by atoms with van der Waals surface area (Å²) in [5.41, 5.74) is 5.24. The molecule has 5 rings (SSSR count). The van der Waals surface area contributed by atoms with Crippen molar-refractivity contribution < 1.29 is 23.5 Å². The summed E-state index contributed by atoms with van der Waals surface area (Å²) < 4.78 is 24.9. The molecule has 1 aromatic heterocycles. The Morgan fingerprint density at radius 3 is 2.51 bits per heavy atom. The Morgan fingerprint density at radius 1 is 0.949 bits per heavy atom. The van der Waals surface area contributed by atoms with Gasteiger partial charge in [0.2, 0.25) is 0 Å². The number of fused-ring (bicyclic) bond motifs is 1. The highest BCUT2D eigenvalue weighted by Crippen LogP contribution is 2.33. The Morgan fingerprint density at radius 2 is 1.72 bits per heavy atom. The number of methoxy groups -OCH3 is 1. The number of carbonyl (C=O) groups is 2. The molecular weight excluding hydrogens is 521 g/mol. The largest absolute Gasteiger partial charge is 0.496 e. The molecular formula is C30H21ClFN3O4. The summed E-state index contributed by atoms with van der Waals surface area (Å²) in [7, 11) is 1.44. The molecule has 0 saturated heterocycles. The average Bonchev–Trinajstić information content (AvgIpc) is 3.33. The van der Waals surface area contributed by atoms with Crippen LogP contribution < -0.4 is 14.9 Å². The molecule has 1 amide bonds. The molecule has 39 heavy (non-hydrogen) atoms. The number of nitrogens with one attached hydrogen (secondary N) is 2. The van der Waals surface area contributed by atoms with E-state index in [1.54, 1.807) is 42.5 Å². The van der Waals surface area contributed by atoms with E-state index in [-0.39, 0.29) is 17.0 Å². The number of para-hydroxylation sites is 1. The number of benzene rings is 4. The van der Waals surface area contributed by atoms with Gasteiger partial charge < -0.3 is 14.5 Å². The van der Waals surface area contributed by atoms with Crippen LogP contribution in [0.15, 0.2) is 96.1 Å². The second kappa shape index (κ2) is 11.2. The number of rotatable bonds is 7. The van der Waals surface area contributed by atoms with E-state index in [1.165, 1.54) is 31.5 Å². The zero-order valence-electron chi connectivity index (χ0n) is 20.6. The third-order valence-electron chi connectivity index (χ3n) is 5.92. The van der Waals surface area contributed by atoms with E-state index in [9.17, 15) is 14.0 Å². The van der Waals surface area contributed by atoms with Crippen LogP contribution in [0, 0.1) is 5.82 Å². The summed E-state index contributed by atoms with van der Waals surface area (Å²) in [5.74, 6) is -1.08. The maximum absolute atomic E-state index is 14.0. The highest BCUT2D eigenvalue weighted by Gasteiger charge is 2.20. The first-order valence-corrected chi connectivity index (χ1v) is 12.2. The van der Waals surface area contributed by atoms with Crippen molar-refractivity contribution in [3.63, 3.8) is 0 Å². The van der Waals surface area contributed by atoms with Gasteiger partial charge in [-0.25, -0.2) is 14.6 Å². The van der Waals surface area contributed by atoms with Gasteiger partial charge in [0.15, 0.2) is 0 Å². The number of carbonyl (C=O) groups excluding carboxylic acids is 2. The SMILES string of the molecule is COc1ccc(Cl)cc1C(=O)Oc1ccccc1C=NNC(=O)c1[nH]c2ccc(F)cc2c1-c1ccccc1. The van der Waals surface area contributed by atoms with E-state index in [0.29, 0.717) is 32.8 Å². The van der Waals surface area contributed by atoms with Crippen LogP contribution in [-0.4, -0.2) is 30.2 Å². The van der Waals surface area contributed by atoms with Crippen LogP contribution in [0.25, 0.3) is 22.0 Å². The molecule has 7 nitrogen and oxygen atoms in total. The minimum Gasteiger partial charge on any atom is -0.496 e. The van der Waals surface area contributed by atoms with E-state index in [2.05, 4.69) is 15.5 Å². The summed E-state index contributed by atoms with van der Waals surface area (Å²) in [6.45, 7) is 0. The van der Waals surface area contributed by atoms with Crippen LogP contribution >= 0.6 is 11.6 Å². The van der Waals surface area contributed by atoms with Gasteiger partial charge in [0, 0.05) is 27.1 Å². The van der Waals surface area contributed by atoms with E-state index >= 15 is 0 Å². The van der Waals surface area contributed by atoms with Gasteiger partial charge in [-0.15, -0.1) is 0 Å². The average molecular weight is 542 g/mol. The van der Waals surface area contributed by atoms with Crippen LogP contribution in [-0.2, 0) is 0 Å². The predicted molar refractivity (Wildman–Crippen MR) is 148 cm³/mol. The van der Waals surface area contributed by atoms with Crippen molar-refractivity contribution in [3.8, 4) is 22.6 Å². The lowest BCUT2D eigenvalue weighted by molar-refractivity contribution is 0.0730. The predicted octanol–water partition coefficient (Wildman–Crippen LogP) is 6.62. The number of amides is 1. The first-order valence-electron chi connectivity index (χ1n) is 11.8. The molecule has 0 aliphatic rings. The summed E-state index contributed by atoms with van der Waals surface area (Å²) in [4.78, 5) is 29.1. The molecule has 0 unspecified atom stereocenters. The summed E-state index contributed by atoms with van der Waals surface area (Å²) in [6, 6.07) is 24.8. The number of esters is 1. The number of hydrogen-bond acceptors (Lipinski definition) is 5. The standard InChI is InChI=1S/C30H21ClFN3O4/c1-38-26-14-11-20(31)15-23(26)30(37)39-25-10-6-5-9-19(25)17-33-35-29(36)28-27(18-7-3-2-4-8-18)22-16-21(32)12-13-24(22)34-28/h2-17,34H,1H3,(H,35,36). The Kier molecular flexibility index (Phi) is 7.38. The molecule has 0 atom stereocenters. The third kappa shape index (κ3) is 5.51. The van der Waals surface area contributed by atoms with Crippen LogP contribution in [0.4, 0.5) is 4.39 Å². The zero-order chi connectivity index (χ0) is 27.4. The fourth-order valence-corrected chi connectivity index (χ4v) is 4.30. The van der Waals surface area contributed by atoms with E-state index in [0.717, 1.165) is 5.56 Å². The van der Waals surface area contributed by atoms with Crippen LogP contribution in [0.5, 0.6) is 11.5 Å². The Balaban J connectivity index is 1.39. The van der Waals surface area contributed by atoms with Gasteiger partial charge >= 0.3 is 5.97 Å². The van der Waals surface area contributed by atoms with Crippen molar-refractivity contribution in [3.05, 3.63) is 119 Å². The highest BCUT2D eigenvalue weighted by atomic mass is 35.5. The summed E-state index contributed by atoms with van der Waals surface area (Å²) in [6.07, 6.45) is 1.36. The number of aromatic amines is 1. The fraction of sp³-hybridized carbons (Fsp3) is 0.0333. The lowest BCUT2D eigenvalue weighted by Crippen LogP contribution is -2.19. The number of nitrogens with zero attached hydrogens (tertiary/aromatic N) is 1. The quantitative estimate of drug-likeness (QED) is 0.105. The molecule has 2 N–H and O–H groups in total. The van der Waals surface area contributed by atoms with Gasteiger partial charge in [0.05, 0.1) is 13.3 Å². The third-order valence-corrected chi connectivity index (χ3v) is 6.16. The minimum absolute atomic E-state index is 0.161. The molecule has 0 radical (unpaired) electrons. The normalized spacial score (nSPS) is 11.1. The molecule has 4 aromatic carbocycles. The molecule has 0 bridgehead atoms. The molecule has 194 valence electrons. The number of hydrazone groups is 1. The molecule has 1 heterocycles. The second-order valence-electron chi connectivity index (χ2n) is 8.40. The lowest BCUT2D eigenvalue weighted by Gasteiger charge is -2.10. The maximum Gasteiger partial charge on any atom is 0.347 e. The van der Waals surface area contributed by atoms with E-state index in [4.69, 9.17) is 21.1 Å². The van der Waals surface area contributed by atoms with Crippen molar-refractivity contribution in [1.29, 1.82) is 0 Å². The summed E-state index contributed by atoms with van der Waals surface area (Å²) >= 11 is 6.04. The number of H-pyrrole nitrogens is 1. The van der Waals surface area contributed by atoms with Crippen LogP contribution in [0.2, 0.25) is 5.02 Å². The topological polar surface area (TPSA) is 92.8 Å². The molecule has 0 aliphatic heterocycles. The molecule has 0 spiro atoms. The van der Waals surface area contributed by atoms with Gasteiger partial charge in [-0.3, -0.25) is 4.79 Å². The molecule has 0 saturated carbocycles. The van der Waals surface area contributed by atoms with Gasteiger partial charge in [0.1, 0.15) is 28.6 Å². The van der Waals surface area contributed by atoms with Crippen molar-refractivity contribution >= 4 is 40.6 Å². The van der Waals surface area contributed by atoms with Gasteiger partial charge in [-0.05, 0) is 54.1 Å². The Hall–Kier alpha value is -4.95.